The van der Waals surface area contributed by atoms with Crippen molar-refractivity contribution in [3.05, 3.63) is 34.6 Å². The second-order valence-corrected chi connectivity index (χ2v) is 5.64. The number of amides is 1. The van der Waals surface area contributed by atoms with Gasteiger partial charge in [-0.2, -0.15) is 0 Å². The molecule has 1 fully saturated rings. The van der Waals surface area contributed by atoms with E-state index in [2.05, 4.69) is 17.1 Å². The van der Waals surface area contributed by atoms with E-state index in [0.29, 0.717) is 12.6 Å². The normalized spacial score (nSPS) is 19.9. The summed E-state index contributed by atoms with van der Waals surface area (Å²) in [6, 6.07) is 4.81. The van der Waals surface area contributed by atoms with E-state index in [1.54, 1.807) is 0 Å². The van der Waals surface area contributed by atoms with Crippen LogP contribution in [-0.2, 0) is 0 Å². The highest BCUT2D eigenvalue weighted by Gasteiger charge is 2.19. The van der Waals surface area contributed by atoms with E-state index in [1.165, 1.54) is 37.5 Å². The average Bonchev–Trinajstić information content (AvgIpc) is 2.41. The molecule has 0 spiro atoms. The molecule has 20 heavy (non-hydrogen) atoms. The van der Waals surface area contributed by atoms with Gasteiger partial charge in [0.05, 0.1) is 10.6 Å². The highest BCUT2D eigenvalue weighted by atomic mass is 35.5. The third-order valence-corrected chi connectivity index (χ3v) is 4.13. The maximum absolute atomic E-state index is 13.6. The minimum atomic E-state index is -0.582. The van der Waals surface area contributed by atoms with E-state index < -0.39 is 11.7 Å². The van der Waals surface area contributed by atoms with Crippen molar-refractivity contribution in [3.8, 4) is 0 Å². The molecule has 0 saturated carbocycles. The Balaban J connectivity index is 1.86. The summed E-state index contributed by atoms with van der Waals surface area (Å²) in [6.45, 7) is 4.57. The van der Waals surface area contributed by atoms with Crippen LogP contribution < -0.4 is 5.32 Å². The Kier molecular flexibility index (Phi) is 5.38. The number of nitrogens with zero attached hydrogens (tertiary/aromatic N) is 1. The molecule has 1 saturated heterocycles. The fourth-order valence-corrected chi connectivity index (χ4v) is 2.85. The van der Waals surface area contributed by atoms with Gasteiger partial charge in [0.15, 0.2) is 0 Å². The monoisotopic (exact) mass is 298 g/mol. The third kappa shape index (κ3) is 3.70. The van der Waals surface area contributed by atoms with E-state index in [4.69, 9.17) is 11.6 Å². The smallest absolute Gasteiger partial charge is 0.255 e. The van der Waals surface area contributed by atoms with Crippen molar-refractivity contribution in [3.63, 3.8) is 0 Å². The van der Waals surface area contributed by atoms with Crippen LogP contribution in [0.15, 0.2) is 18.2 Å². The minimum absolute atomic E-state index is 0.0686. The lowest BCUT2D eigenvalue weighted by Gasteiger charge is -2.33. The van der Waals surface area contributed by atoms with Crippen LogP contribution >= 0.6 is 11.6 Å². The quantitative estimate of drug-likeness (QED) is 0.926. The highest BCUT2D eigenvalue weighted by Crippen LogP contribution is 2.19. The molecule has 1 aromatic rings. The second kappa shape index (κ2) is 7.04. The number of carbonyl (C=O) groups excluding carboxylic acids is 1. The summed E-state index contributed by atoms with van der Waals surface area (Å²) in [7, 11) is 0. The molecule has 5 heteroatoms. The van der Waals surface area contributed by atoms with Gasteiger partial charge in [0.25, 0.3) is 5.91 Å². The fourth-order valence-electron chi connectivity index (χ4n) is 2.61. The number of carbonyl (C=O) groups is 1. The lowest BCUT2D eigenvalue weighted by Crippen LogP contribution is -2.42. The molecule has 1 aromatic carbocycles. The first-order valence-corrected chi connectivity index (χ1v) is 7.43. The summed E-state index contributed by atoms with van der Waals surface area (Å²) in [4.78, 5) is 14.3. The standard InChI is InChI=1S/C15H20ClFN2O/c1-11-5-2-3-9-19(11)10-8-18-15(20)14-12(16)6-4-7-13(14)17/h4,6-7,11H,2-3,5,8-10H2,1H3,(H,18,20)/t11-/m0/s1. The Morgan fingerprint density at radius 3 is 3.00 bits per heavy atom. The molecule has 0 bridgehead atoms. The number of nitrogens with one attached hydrogen (secondary N) is 1. The molecule has 0 aliphatic carbocycles. The molecule has 0 radical (unpaired) electrons. The van der Waals surface area contributed by atoms with Crippen LogP contribution in [0.1, 0.15) is 36.5 Å². The van der Waals surface area contributed by atoms with E-state index in [-0.39, 0.29) is 10.6 Å². The van der Waals surface area contributed by atoms with Gasteiger partial charge >= 0.3 is 0 Å². The van der Waals surface area contributed by atoms with Gasteiger partial charge in [0.2, 0.25) is 0 Å². The topological polar surface area (TPSA) is 32.3 Å². The summed E-state index contributed by atoms with van der Waals surface area (Å²) < 4.78 is 13.6. The molecule has 1 aliphatic heterocycles. The van der Waals surface area contributed by atoms with Crippen LogP contribution in [-0.4, -0.2) is 36.5 Å². The fraction of sp³-hybridized carbons (Fsp3) is 0.533. The molecule has 0 unspecified atom stereocenters. The van der Waals surface area contributed by atoms with Gasteiger partial charge in [-0.05, 0) is 38.4 Å². The number of rotatable bonds is 4. The number of benzene rings is 1. The van der Waals surface area contributed by atoms with Crippen molar-refractivity contribution in [2.24, 2.45) is 0 Å². The summed E-state index contributed by atoms with van der Waals surface area (Å²) >= 11 is 5.86. The van der Waals surface area contributed by atoms with E-state index >= 15 is 0 Å². The number of piperidine rings is 1. The van der Waals surface area contributed by atoms with E-state index in [0.717, 1.165) is 13.1 Å². The lowest BCUT2D eigenvalue weighted by atomic mass is 10.0. The number of halogens is 2. The molecule has 1 atom stereocenters. The largest absolute Gasteiger partial charge is 0.351 e. The number of hydrogen-bond acceptors (Lipinski definition) is 2. The first-order valence-electron chi connectivity index (χ1n) is 7.06. The molecule has 1 N–H and O–H groups in total. The van der Waals surface area contributed by atoms with Gasteiger partial charge < -0.3 is 5.32 Å². The summed E-state index contributed by atoms with van der Waals surface area (Å²) in [6.07, 6.45) is 3.68. The van der Waals surface area contributed by atoms with Crippen molar-refractivity contribution in [2.75, 3.05) is 19.6 Å². The van der Waals surface area contributed by atoms with Gasteiger partial charge in [-0.25, -0.2) is 4.39 Å². The van der Waals surface area contributed by atoms with Crippen LogP contribution in [0, 0.1) is 5.82 Å². The van der Waals surface area contributed by atoms with Crippen LogP contribution in [0.25, 0.3) is 0 Å². The van der Waals surface area contributed by atoms with E-state index in [9.17, 15) is 9.18 Å². The highest BCUT2D eigenvalue weighted by molar-refractivity contribution is 6.33. The van der Waals surface area contributed by atoms with Crippen LogP contribution in [0.2, 0.25) is 5.02 Å². The van der Waals surface area contributed by atoms with Crippen LogP contribution in [0.3, 0.4) is 0 Å². The van der Waals surface area contributed by atoms with Gasteiger partial charge in [-0.3, -0.25) is 9.69 Å². The zero-order valence-corrected chi connectivity index (χ0v) is 12.4. The first-order chi connectivity index (χ1) is 9.59. The van der Waals surface area contributed by atoms with Gasteiger partial charge in [-0.1, -0.05) is 24.1 Å². The van der Waals surface area contributed by atoms with Crippen molar-refractivity contribution in [1.29, 1.82) is 0 Å². The van der Waals surface area contributed by atoms with Gasteiger partial charge in [0, 0.05) is 19.1 Å². The zero-order chi connectivity index (χ0) is 14.5. The predicted molar refractivity (Wildman–Crippen MR) is 78.6 cm³/mol. The molecule has 1 heterocycles. The van der Waals surface area contributed by atoms with Crippen molar-refractivity contribution >= 4 is 17.5 Å². The molecule has 3 nitrogen and oxygen atoms in total. The zero-order valence-electron chi connectivity index (χ0n) is 11.7. The summed E-state index contributed by atoms with van der Waals surface area (Å²) in [5.41, 5.74) is -0.0686. The van der Waals surface area contributed by atoms with Crippen molar-refractivity contribution in [1.82, 2.24) is 10.2 Å². The molecular weight excluding hydrogens is 279 g/mol. The van der Waals surface area contributed by atoms with Crippen LogP contribution in [0.5, 0.6) is 0 Å². The third-order valence-electron chi connectivity index (χ3n) is 3.81. The van der Waals surface area contributed by atoms with Gasteiger partial charge in [0.1, 0.15) is 5.82 Å². The Labute approximate surface area is 124 Å². The number of hydrogen-bond donors (Lipinski definition) is 1. The summed E-state index contributed by atoms with van der Waals surface area (Å²) in [5, 5.41) is 2.89. The molecular formula is C15H20ClFN2O. The van der Waals surface area contributed by atoms with Crippen molar-refractivity contribution in [2.45, 2.75) is 32.2 Å². The Hall–Kier alpha value is -1.13. The molecule has 1 aliphatic rings. The predicted octanol–water partition coefficient (Wildman–Crippen LogP) is 3.08. The van der Waals surface area contributed by atoms with Crippen molar-refractivity contribution < 1.29 is 9.18 Å². The number of likely N-dealkylation sites (tertiary alicyclic amines) is 1. The molecule has 110 valence electrons. The molecule has 2 rings (SSSR count). The maximum atomic E-state index is 13.6. The average molecular weight is 299 g/mol. The lowest BCUT2D eigenvalue weighted by molar-refractivity contribution is 0.0934. The summed E-state index contributed by atoms with van der Waals surface area (Å²) in [5.74, 6) is -1.03. The van der Waals surface area contributed by atoms with Crippen LogP contribution in [0.4, 0.5) is 4.39 Å². The minimum Gasteiger partial charge on any atom is -0.351 e. The second-order valence-electron chi connectivity index (χ2n) is 5.23. The molecule has 0 aromatic heterocycles. The Morgan fingerprint density at radius 2 is 2.30 bits per heavy atom. The Bertz CT molecular complexity index is 461. The maximum Gasteiger partial charge on any atom is 0.255 e. The molecule has 1 amide bonds. The van der Waals surface area contributed by atoms with Gasteiger partial charge in [-0.15, -0.1) is 0 Å². The van der Waals surface area contributed by atoms with E-state index in [1.807, 2.05) is 0 Å². The first kappa shape index (κ1) is 15.3. The Morgan fingerprint density at radius 1 is 1.50 bits per heavy atom. The SMILES string of the molecule is C[C@H]1CCCCN1CCNC(=O)c1c(F)cccc1Cl.